The van der Waals surface area contributed by atoms with Crippen molar-refractivity contribution in [2.24, 2.45) is 5.92 Å². The number of aromatic nitrogens is 1. The lowest BCUT2D eigenvalue weighted by Crippen LogP contribution is -2.32. The van der Waals surface area contributed by atoms with Crippen molar-refractivity contribution in [2.45, 2.75) is 19.4 Å². The minimum Gasteiger partial charge on any atom is -0.465 e. The number of hydrogen-bond donors (Lipinski definition) is 1. The van der Waals surface area contributed by atoms with Gasteiger partial charge in [-0.2, -0.15) is 0 Å². The Kier molecular flexibility index (Phi) is 4.15. The molecule has 2 heterocycles. The summed E-state index contributed by atoms with van der Waals surface area (Å²) in [5.41, 5.74) is 0.354. The summed E-state index contributed by atoms with van der Waals surface area (Å²) >= 11 is 0. The molecule has 0 spiro atoms. The van der Waals surface area contributed by atoms with Gasteiger partial charge in [-0.05, 0) is 37.9 Å². The Morgan fingerprint density at radius 2 is 2.17 bits per heavy atom. The molecule has 5 heteroatoms. The Balaban J connectivity index is 2.15. The predicted molar refractivity (Wildman–Crippen MR) is 67.6 cm³/mol. The van der Waals surface area contributed by atoms with Crippen LogP contribution >= 0.6 is 0 Å². The fraction of sp³-hybridized carbons (Fsp3) is 0.538. The van der Waals surface area contributed by atoms with Crippen molar-refractivity contribution in [1.82, 2.24) is 9.88 Å². The molecular formula is C13H18N2O3. The average Bonchev–Trinajstić information content (AvgIpc) is 2.41. The molecule has 2 rings (SSSR count). The fourth-order valence-corrected chi connectivity index (χ4v) is 2.26. The lowest BCUT2D eigenvalue weighted by Gasteiger charge is -2.23. The van der Waals surface area contributed by atoms with Crippen molar-refractivity contribution in [3.8, 4) is 0 Å². The first-order chi connectivity index (χ1) is 8.70. The number of rotatable bonds is 3. The minimum absolute atomic E-state index is 0.0683. The first kappa shape index (κ1) is 12.8. The maximum Gasteiger partial charge on any atom is 0.339 e. The first-order valence-electron chi connectivity index (χ1n) is 6.20. The van der Waals surface area contributed by atoms with Crippen LogP contribution in [0.1, 0.15) is 23.2 Å². The van der Waals surface area contributed by atoms with Gasteiger partial charge in [0.25, 0.3) is 5.56 Å². The van der Waals surface area contributed by atoms with E-state index >= 15 is 0 Å². The highest BCUT2D eigenvalue weighted by molar-refractivity contribution is 5.88. The van der Waals surface area contributed by atoms with Crippen LogP contribution in [0.5, 0.6) is 0 Å². The van der Waals surface area contributed by atoms with Crippen molar-refractivity contribution < 1.29 is 9.53 Å². The molecular weight excluding hydrogens is 232 g/mol. The predicted octanol–water partition coefficient (Wildman–Crippen LogP) is 0.634. The van der Waals surface area contributed by atoms with E-state index in [2.05, 4.69) is 10.1 Å². The second-order valence-corrected chi connectivity index (χ2v) is 4.59. The van der Waals surface area contributed by atoms with Gasteiger partial charge in [-0.25, -0.2) is 4.79 Å². The fourth-order valence-electron chi connectivity index (χ4n) is 2.26. The summed E-state index contributed by atoms with van der Waals surface area (Å²) in [7, 11) is 1.34. The highest BCUT2D eigenvalue weighted by Gasteiger charge is 2.15. The molecule has 0 amide bonds. The molecule has 0 unspecified atom stereocenters. The van der Waals surface area contributed by atoms with Crippen LogP contribution in [0, 0.1) is 5.92 Å². The summed E-state index contributed by atoms with van der Waals surface area (Å²) in [6.07, 6.45) is 3.72. The SMILES string of the molecule is COC(=O)c1ccc(=O)n(CC2CCNCC2)c1. The third kappa shape index (κ3) is 2.98. The monoisotopic (exact) mass is 250 g/mol. The molecule has 5 nitrogen and oxygen atoms in total. The Labute approximate surface area is 106 Å². The van der Waals surface area contributed by atoms with Crippen molar-refractivity contribution in [2.75, 3.05) is 20.2 Å². The van der Waals surface area contributed by atoms with Crippen molar-refractivity contribution in [3.63, 3.8) is 0 Å². The molecule has 18 heavy (non-hydrogen) atoms. The molecule has 1 aromatic rings. The van der Waals surface area contributed by atoms with E-state index in [1.807, 2.05) is 0 Å². The van der Waals surface area contributed by atoms with Gasteiger partial charge in [-0.3, -0.25) is 4.79 Å². The van der Waals surface area contributed by atoms with E-state index in [-0.39, 0.29) is 5.56 Å². The number of methoxy groups -OCH3 is 1. The van der Waals surface area contributed by atoms with Gasteiger partial charge in [-0.1, -0.05) is 0 Å². The number of ether oxygens (including phenoxy) is 1. The largest absolute Gasteiger partial charge is 0.465 e. The summed E-state index contributed by atoms with van der Waals surface area (Å²) in [6.45, 7) is 2.66. The molecule has 1 aromatic heterocycles. The van der Waals surface area contributed by atoms with Gasteiger partial charge in [0, 0.05) is 18.8 Å². The molecule has 0 radical (unpaired) electrons. The van der Waals surface area contributed by atoms with Crippen molar-refractivity contribution in [1.29, 1.82) is 0 Å². The third-order valence-corrected chi connectivity index (χ3v) is 3.32. The molecule has 0 saturated carbocycles. The van der Waals surface area contributed by atoms with E-state index in [1.165, 1.54) is 19.2 Å². The first-order valence-corrected chi connectivity index (χ1v) is 6.20. The van der Waals surface area contributed by atoms with E-state index < -0.39 is 5.97 Å². The number of nitrogens with one attached hydrogen (secondary N) is 1. The zero-order valence-electron chi connectivity index (χ0n) is 10.5. The molecule has 0 bridgehead atoms. The summed E-state index contributed by atoms with van der Waals surface area (Å²) in [4.78, 5) is 23.2. The highest BCUT2D eigenvalue weighted by atomic mass is 16.5. The topological polar surface area (TPSA) is 60.3 Å². The lowest BCUT2D eigenvalue weighted by molar-refractivity contribution is 0.0599. The van der Waals surface area contributed by atoms with E-state index in [0.29, 0.717) is 18.0 Å². The molecule has 98 valence electrons. The van der Waals surface area contributed by atoms with Crippen LogP contribution in [0.15, 0.2) is 23.1 Å². The van der Waals surface area contributed by atoms with Crippen LogP contribution < -0.4 is 10.9 Å². The number of carbonyl (C=O) groups is 1. The van der Waals surface area contributed by atoms with E-state index in [9.17, 15) is 9.59 Å². The Morgan fingerprint density at radius 1 is 1.44 bits per heavy atom. The second-order valence-electron chi connectivity index (χ2n) is 4.59. The molecule has 1 fully saturated rings. The lowest BCUT2D eigenvalue weighted by atomic mass is 9.98. The maximum atomic E-state index is 11.8. The minimum atomic E-state index is -0.408. The van der Waals surface area contributed by atoms with Gasteiger partial charge in [0.1, 0.15) is 0 Å². The van der Waals surface area contributed by atoms with Gasteiger partial charge in [0.15, 0.2) is 0 Å². The number of esters is 1. The Hall–Kier alpha value is -1.62. The van der Waals surface area contributed by atoms with Crippen molar-refractivity contribution in [3.05, 3.63) is 34.2 Å². The van der Waals surface area contributed by atoms with Crippen LogP contribution in [0.4, 0.5) is 0 Å². The Bertz CT molecular complexity index is 475. The van der Waals surface area contributed by atoms with Crippen LogP contribution in [-0.4, -0.2) is 30.7 Å². The van der Waals surface area contributed by atoms with Gasteiger partial charge in [-0.15, -0.1) is 0 Å². The number of hydrogen-bond acceptors (Lipinski definition) is 4. The van der Waals surface area contributed by atoms with Crippen molar-refractivity contribution >= 4 is 5.97 Å². The molecule has 1 N–H and O–H groups in total. The second kappa shape index (κ2) is 5.82. The van der Waals surface area contributed by atoms with E-state index in [1.54, 1.807) is 10.8 Å². The van der Waals surface area contributed by atoms with E-state index in [4.69, 9.17) is 0 Å². The summed E-state index contributed by atoms with van der Waals surface area (Å²) in [6, 6.07) is 2.93. The molecule has 1 saturated heterocycles. The normalized spacial score (nSPS) is 16.5. The van der Waals surface area contributed by atoms with Gasteiger partial charge in [0.05, 0.1) is 12.7 Å². The number of nitrogens with zero attached hydrogens (tertiary/aromatic N) is 1. The van der Waals surface area contributed by atoms with E-state index in [0.717, 1.165) is 25.9 Å². The van der Waals surface area contributed by atoms with Crippen LogP contribution in [-0.2, 0) is 11.3 Å². The zero-order chi connectivity index (χ0) is 13.0. The van der Waals surface area contributed by atoms with Crippen LogP contribution in [0.2, 0.25) is 0 Å². The number of piperidine rings is 1. The number of carbonyl (C=O) groups excluding carboxylic acids is 1. The third-order valence-electron chi connectivity index (χ3n) is 3.32. The maximum absolute atomic E-state index is 11.8. The molecule has 1 aliphatic heterocycles. The summed E-state index contributed by atoms with van der Waals surface area (Å²) in [5, 5.41) is 3.29. The summed E-state index contributed by atoms with van der Waals surface area (Å²) in [5.74, 6) is 0.0888. The number of pyridine rings is 1. The molecule has 0 atom stereocenters. The molecule has 0 aromatic carbocycles. The zero-order valence-corrected chi connectivity index (χ0v) is 10.5. The summed E-state index contributed by atoms with van der Waals surface area (Å²) < 4.78 is 6.27. The van der Waals surface area contributed by atoms with Gasteiger partial charge in [0.2, 0.25) is 0 Å². The standard InChI is InChI=1S/C13H18N2O3/c1-18-13(17)11-2-3-12(16)15(9-11)8-10-4-6-14-7-5-10/h2-3,9-10,14H,4-8H2,1H3. The average molecular weight is 250 g/mol. The molecule has 0 aliphatic carbocycles. The van der Waals surface area contributed by atoms with Gasteiger partial charge >= 0.3 is 5.97 Å². The van der Waals surface area contributed by atoms with Gasteiger partial charge < -0.3 is 14.6 Å². The quantitative estimate of drug-likeness (QED) is 0.800. The highest BCUT2D eigenvalue weighted by Crippen LogP contribution is 2.13. The Morgan fingerprint density at radius 3 is 2.83 bits per heavy atom. The van der Waals surface area contributed by atoms with Crippen LogP contribution in [0.25, 0.3) is 0 Å². The van der Waals surface area contributed by atoms with Crippen LogP contribution in [0.3, 0.4) is 0 Å². The smallest absolute Gasteiger partial charge is 0.339 e. The molecule has 1 aliphatic rings.